The van der Waals surface area contributed by atoms with Crippen molar-refractivity contribution in [3.05, 3.63) is 52.0 Å². The van der Waals surface area contributed by atoms with Gasteiger partial charge in [0.05, 0.1) is 0 Å². The van der Waals surface area contributed by atoms with E-state index in [1.54, 1.807) is 0 Å². The van der Waals surface area contributed by atoms with Crippen LogP contribution in [0.4, 0.5) is 0 Å². The largest absolute Gasteiger partial charge is 0.485 e. The number of rotatable bonds is 4. The van der Waals surface area contributed by atoms with Crippen LogP contribution in [0.5, 0.6) is 5.75 Å². The molecule has 0 amide bonds. The molecule has 0 aliphatic heterocycles. The summed E-state index contributed by atoms with van der Waals surface area (Å²) in [5.74, 6) is 1.69. The quantitative estimate of drug-likeness (QED) is 0.780. The van der Waals surface area contributed by atoms with E-state index in [0.717, 1.165) is 11.3 Å². The lowest BCUT2D eigenvalue weighted by Gasteiger charge is -2.13. The average molecular weight is 297 g/mol. The Balaban J connectivity index is 2.14. The molecule has 5 heteroatoms. The van der Waals surface area contributed by atoms with Crippen molar-refractivity contribution in [1.82, 2.24) is 9.97 Å². The molecule has 19 heavy (non-hydrogen) atoms. The van der Waals surface area contributed by atoms with Crippen LogP contribution in [0.3, 0.4) is 0 Å². The Morgan fingerprint density at radius 2 is 1.74 bits per heavy atom. The molecule has 1 aromatic carbocycles. The minimum atomic E-state index is 0.240. The summed E-state index contributed by atoms with van der Waals surface area (Å²) in [4.78, 5) is 8.14. The maximum absolute atomic E-state index is 5.82. The molecule has 2 rings (SSSR count). The first-order valence-corrected chi connectivity index (χ1v) is 6.72. The van der Waals surface area contributed by atoms with Crippen LogP contribution in [-0.4, -0.2) is 9.97 Å². The fraction of sp³-hybridized carbons (Fsp3) is 0.286. The second-order valence-corrected chi connectivity index (χ2v) is 5.19. The lowest BCUT2D eigenvalue weighted by Crippen LogP contribution is -2.04. The van der Waals surface area contributed by atoms with Gasteiger partial charge in [0.2, 0.25) is 0 Å². The highest BCUT2D eigenvalue weighted by Crippen LogP contribution is 2.26. The van der Waals surface area contributed by atoms with E-state index in [1.807, 2.05) is 24.3 Å². The third-order valence-corrected chi connectivity index (χ3v) is 2.99. The van der Waals surface area contributed by atoms with E-state index in [9.17, 15) is 0 Å². The molecular formula is C14H14Cl2N2O. The number of aromatic nitrogens is 2. The molecule has 2 aromatic rings. The molecule has 1 aromatic heterocycles. The minimum Gasteiger partial charge on any atom is -0.485 e. The molecule has 0 bridgehead atoms. The molecule has 0 N–H and O–H groups in total. The van der Waals surface area contributed by atoms with Gasteiger partial charge in [0.25, 0.3) is 0 Å². The fourth-order valence-electron chi connectivity index (χ4n) is 1.73. The van der Waals surface area contributed by atoms with Gasteiger partial charge in [0.15, 0.2) is 5.82 Å². The number of hydrogen-bond acceptors (Lipinski definition) is 3. The average Bonchev–Trinajstić information content (AvgIpc) is 2.35. The van der Waals surface area contributed by atoms with Crippen molar-refractivity contribution in [3.8, 4) is 5.75 Å². The fourth-order valence-corrected chi connectivity index (χ4v) is 2.19. The molecule has 0 spiro atoms. The van der Waals surface area contributed by atoms with Gasteiger partial charge in [-0.25, -0.2) is 9.97 Å². The van der Waals surface area contributed by atoms with Crippen LogP contribution in [-0.2, 0) is 6.61 Å². The lowest BCUT2D eigenvalue weighted by atomic mass is 10.0. The maximum Gasteiger partial charge on any atom is 0.169 e. The SMILES string of the molecule is CC(C)c1ccccc1OCc1nc(Cl)cc(Cl)n1. The molecule has 3 nitrogen and oxygen atoms in total. The number of halogens is 2. The van der Waals surface area contributed by atoms with Crippen molar-refractivity contribution in [3.63, 3.8) is 0 Å². The number of nitrogens with zero attached hydrogens (tertiary/aromatic N) is 2. The Morgan fingerprint density at radius 1 is 1.11 bits per heavy atom. The normalized spacial score (nSPS) is 10.8. The summed E-state index contributed by atoms with van der Waals surface area (Å²) < 4.78 is 5.75. The van der Waals surface area contributed by atoms with Crippen LogP contribution in [0, 0.1) is 0 Å². The van der Waals surface area contributed by atoms with Crippen LogP contribution in [0.2, 0.25) is 10.3 Å². The monoisotopic (exact) mass is 296 g/mol. The zero-order valence-corrected chi connectivity index (χ0v) is 12.2. The summed E-state index contributed by atoms with van der Waals surface area (Å²) in [7, 11) is 0. The molecule has 100 valence electrons. The van der Waals surface area contributed by atoms with E-state index < -0.39 is 0 Å². The number of para-hydroxylation sites is 1. The first-order chi connectivity index (χ1) is 9.06. The first kappa shape index (κ1) is 14.1. The molecule has 0 fully saturated rings. The third-order valence-electron chi connectivity index (χ3n) is 2.61. The Labute approximate surface area is 122 Å². The second-order valence-electron chi connectivity index (χ2n) is 4.41. The predicted molar refractivity (Wildman–Crippen MR) is 76.9 cm³/mol. The van der Waals surface area contributed by atoms with Gasteiger partial charge in [-0.15, -0.1) is 0 Å². The number of hydrogen-bond donors (Lipinski definition) is 0. The van der Waals surface area contributed by atoms with E-state index in [1.165, 1.54) is 6.07 Å². The second kappa shape index (κ2) is 6.22. The van der Waals surface area contributed by atoms with Crippen molar-refractivity contribution in [2.24, 2.45) is 0 Å². The molecular weight excluding hydrogens is 283 g/mol. The van der Waals surface area contributed by atoms with Gasteiger partial charge in [-0.05, 0) is 17.5 Å². The zero-order valence-electron chi connectivity index (χ0n) is 10.7. The van der Waals surface area contributed by atoms with E-state index in [2.05, 4.69) is 23.8 Å². The molecule has 0 aliphatic rings. The maximum atomic E-state index is 5.82. The smallest absolute Gasteiger partial charge is 0.169 e. The van der Waals surface area contributed by atoms with E-state index in [4.69, 9.17) is 27.9 Å². The van der Waals surface area contributed by atoms with Gasteiger partial charge < -0.3 is 4.74 Å². The third kappa shape index (κ3) is 3.82. The molecule has 0 unspecified atom stereocenters. The van der Waals surface area contributed by atoms with E-state index >= 15 is 0 Å². The van der Waals surface area contributed by atoms with Gasteiger partial charge >= 0.3 is 0 Å². The van der Waals surface area contributed by atoms with Crippen LogP contribution < -0.4 is 4.74 Å². The Morgan fingerprint density at radius 3 is 2.37 bits per heavy atom. The Bertz CT molecular complexity index is 553. The van der Waals surface area contributed by atoms with Crippen molar-refractivity contribution in [2.45, 2.75) is 26.4 Å². The van der Waals surface area contributed by atoms with Gasteiger partial charge in [0.1, 0.15) is 22.7 Å². The molecule has 0 saturated heterocycles. The topological polar surface area (TPSA) is 35.0 Å². The number of ether oxygens (including phenoxy) is 1. The van der Waals surface area contributed by atoms with E-state index in [-0.39, 0.29) is 6.61 Å². The molecule has 0 saturated carbocycles. The molecule has 0 aliphatic carbocycles. The summed E-state index contributed by atoms with van der Waals surface area (Å²) in [6.45, 7) is 4.48. The predicted octanol–water partition coefficient (Wildman–Crippen LogP) is 4.49. The van der Waals surface area contributed by atoms with Gasteiger partial charge in [-0.3, -0.25) is 0 Å². The van der Waals surface area contributed by atoms with Crippen molar-refractivity contribution in [1.29, 1.82) is 0 Å². The number of benzene rings is 1. The van der Waals surface area contributed by atoms with Crippen LogP contribution in [0.1, 0.15) is 31.2 Å². The standard InChI is InChI=1S/C14H14Cl2N2O/c1-9(2)10-5-3-4-6-11(10)19-8-14-17-12(15)7-13(16)18-14/h3-7,9H,8H2,1-2H3. The summed E-state index contributed by atoms with van der Waals surface area (Å²) >= 11 is 11.6. The van der Waals surface area contributed by atoms with Crippen molar-refractivity contribution >= 4 is 23.2 Å². The summed E-state index contributed by atoms with van der Waals surface area (Å²) in [6, 6.07) is 9.41. The molecule has 0 atom stereocenters. The summed E-state index contributed by atoms with van der Waals surface area (Å²) in [5, 5.41) is 0.631. The summed E-state index contributed by atoms with van der Waals surface area (Å²) in [5.41, 5.74) is 1.15. The zero-order chi connectivity index (χ0) is 13.8. The minimum absolute atomic E-state index is 0.240. The van der Waals surface area contributed by atoms with Gasteiger partial charge in [-0.1, -0.05) is 55.2 Å². The highest BCUT2D eigenvalue weighted by atomic mass is 35.5. The van der Waals surface area contributed by atoms with E-state index in [0.29, 0.717) is 22.0 Å². The van der Waals surface area contributed by atoms with Crippen LogP contribution >= 0.6 is 23.2 Å². The van der Waals surface area contributed by atoms with Crippen LogP contribution in [0.25, 0.3) is 0 Å². The van der Waals surface area contributed by atoms with Gasteiger partial charge in [0, 0.05) is 6.07 Å². The Hall–Kier alpha value is -1.32. The van der Waals surface area contributed by atoms with Crippen molar-refractivity contribution in [2.75, 3.05) is 0 Å². The highest BCUT2D eigenvalue weighted by molar-refractivity contribution is 6.33. The Kier molecular flexibility index (Phi) is 4.61. The van der Waals surface area contributed by atoms with Gasteiger partial charge in [-0.2, -0.15) is 0 Å². The molecule has 0 radical (unpaired) electrons. The van der Waals surface area contributed by atoms with Crippen molar-refractivity contribution < 1.29 is 4.74 Å². The highest BCUT2D eigenvalue weighted by Gasteiger charge is 2.08. The summed E-state index contributed by atoms with van der Waals surface area (Å²) in [6.07, 6.45) is 0. The lowest BCUT2D eigenvalue weighted by molar-refractivity contribution is 0.291. The van der Waals surface area contributed by atoms with Crippen LogP contribution in [0.15, 0.2) is 30.3 Å². The first-order valence-electron chi connectivity index (χ1n) is 5.97. The molecule has 1 heterocycles.